The second-order valence-corrected chi connectivity index (χ2v) is 10.7. The second kappa shape index (κ2) is 13.8. The Balaban J connectivity index is 1.50. The molecule has 184 valence electrons. The summed E-state index contributed by atoms with van der Waals surface area (Å²) in [6.45, 7) is 11.9. The molecule has 0 aliphatic carbocycles. The Kier molecular flexibility index (Phi) is 11.5. The Hall–Kier alpha value is -1.82. The molecule has 7 nitrogen and oxygen atoms in total. The minimum absolute atomic E-state index is 0.198. The number of benzene rings is 1. The smallest absolute Gasteiger partial charge is 0.333 e. The summed E-state index contributed by atoms with van der Waals surface area (Å²) in [7, 11) is -0.542. The number of imide groups is 1. The molecule has 0 spiro atoms. The maximum absolute atomic E-state index is 12.2. The number of hydrogen-bond acceptors (Lipinski definition) is 6. The van der Waals surface area contributed by atoms with Gasteiger partial charge in [0.25, 0.3) is 11.8 Å². The van der Waals surface area contributed by atoms with Gasteiger partial charge in [-0.2, -0.15) is 0 Å². The molecule has 1 heterocycles. The van der Waals surface area contributed by atoms with Crippen molar-refractivity contribution in [1.82, 2.24) is 9.73 Å². The minimum Gasteiger partial charge on any atom is -0.344 e. The summed E-state index contributed by atoms with van der Waals surface area (Å²) in [5.74, 6) is -1.70. The summed E-state index contributed by atoms with van der Waals surface area (Å²) in [5, 5.41) is 0.582. The van der Waals surface area contributed by atoms with Gasteiger partial charge >= 0.3 is 5.97 Å². The fourth-order valence-electron chi connectivity index (χ4n) is 4.16. The lowest BCUT2D eigenvalue weighted by molar-refractivity contribution is -0.168. The van der Waals surface area contributed by atoms with Crippen LogP contribution in [0.25, 0.3) is 0 Å². The van der Waals surface area contributed by atoms with Crippen LogP contribution in [0.1, 0.15) is 99.8 Å². The average Bonchev–Trinajstić information content (AvgIpc) is 2.99. The van der Waals surface area contributed by atoms with E-state index in [1.807, 2.05) is 0 Å². The molecule has 0 fully saturated rings. The fourth-order valence-corrected chi connectivity index (χ4v) is 5.99. The molecule has 1 aromatic carbocycles. The summed E-state index contributed by atoms with van der Waals surface area (Å²) >= 11 is 0. The van der Waals surface area contributed by atoms with Crippen molar-refractivity contribution in [3.63, 3.8) is 0 Å². The topological polar surface area (TPSA) is 76.2 Å². The summed E-state index contributed by atoms with van der Waals surface area (Å²) < 4.78 is 8.52. The maximum atomic E-state index is 12.2. The first-order valence-electron chi connectivity index (χ1n) is 12.1. The van der Waals surface area contributed by atoms with E-state index in [0.717, 1.165) is 45.1 Å². The van der Waals surface area contributed by atoms with Crippen molar-refractivity contribution < 1.29 is 23.7 Å². The summed E-state index contributed by atoms with van der Waals surface area (Å²) in [6, 6.07) is 7.46. The number of carbonyl (C=O) groups excluding carboxylic acids is 3. The van der Waals surface area contributed by atoms with E-state index in [9.17, 15) is 14.4 Å². The highest BCUT2D eigenvalue weighted by molar-refractivity contribution is 7.49. The van der Waals surface area contributed by atoms with Gasteiger partial charge in [-0.1, -0.05) is 49.3 Å². The lowest BCUT2D eigenvalue weighted by atomic mass is 10.1. The zero-order valence-corrected chi connectivity index (χ0v) is 21.6. The van der Waals surface area contributed by atoms with Crippen molar-refractivity contribution in [2.24, 2.45) is 0 Å². The number of unbranched alkanes of at least 4 members (excludes halogenated alkanes) is 6. The van der Waals surface area contributed by atoms with Gasteiger partial charge in [0, 0.05) is 18.5 Å². The van der Waals surface area contributed by atoms with Gasteiger partial charge < -0.3 is 9.36 Å². The van der Waals surface area contributed by atoms with Crippen LogP contribution in [0, 0.1) is 0 Å². The largest absolute Gasteiger partial charge is 0.344 e. The molecule has 0 aromatic heterocycles. The van der Waals surface area contributed by atoms with Crippen LogP contribution in [0.2, 0.25) is 0 Å². The van der Waals surface area contributed by atoms with E-state index in [2.05, 4.69) is 39.0 Å². The fraction of sp³-hybridized carbons (Fsp3) is 0.640. The zero-order valence-electron chi connectivity index (χ0n) is 20.7. The monoisotopic (exact) mass is 478 g/mol. The molecule has 1 atom stereocenters. The first-order chi connectivity index (χ1) is 15.7. The molecular formula is C25H39N2O5P. The lowest BCUT2D eigenvalue weighted by Crippen LogP contribution is -2.32. The molecule has 2 rings (SSSR count). The van der Waals surface area contributed by atoms with Gasteiger partial charge in [-0.3, -0.25) is 14.3 Å². The third kappa shape index (κ3) is 8.16. The molecule has 1 aliphatic rings. The molecule has 0 radical (unpaired) electrons. The highest BCUT2D eigenvalue weighted by Crippen LogP contribution is 2.41. The summed E-state index contributed by atoms with van der Waals surface area (Å²) in [5.41, 5.74) is 0.543. The van der Waals surface area contributed by atoms with Gasteiger partial charge in [0.15, 0.2) is 0 Å². The third-order valence-corrected chi connectivity index (χ3v) is 7.77. The highest BCUT2D eigenvalue weighted by Gasteiger charge is 2.38. The maximum Gasteiger partial charge on any atom is 0.333 e. The van der Waals surface area contributed by atoms with Crippen LogP contribution in [0.15, 0.2) is 24.3 Å². The SMILES string of the molecule is CC(C)N(C(C)C)P(C)OCCCCCCCCCC(=O)ON1C(=O)c2ccccc2C1=O. The number of carbonyl (C=O) groups is 3. The highest BCUT2D eigenvalue weighted by atomic mass is 31.2. The predicted octanol–water partition coefficient (Wildman–Crippen LogP) is 5.94. The van der Waals surface area contributed by atoms with Crippen LogP contribution >= 0.6 is 8.30 Å². The molecule has 1 unspecified atom stereocenters. The van der Waals surface area contributed by atoms with Gasteiger partial charge in [-0.05, 0) is 59.3 Å². The number of hydrogen-bond donors (Lipinski definition) is 0. The Bertz CT molecular complexity index is 756. The molecule has 0 saturated carbocycles. The Morgan fingerprint density at radius 3 is 1.88 bits per heavy atom. The van der Waals surface area contributed by atoms with Crippen LogP contribution < -0.4 is 0 Å². The predicted molar refractivity (Wildman–Crippen MR) is 131 cm³/mol. The molecule has 1 aliphatic heterocycles. The van der Waals surface area contributed by atoms with Crippen molar-refractivity contribution in [3.05, 3.63) is 35.4 Å². The molecular weight excluding hydrogens is 439 g/mol. The Labute approximate surface area is 199 Å². The Morgan fingerprint density at radius 1 is 0.879 bits per heavy atom. The van der Waals surface area contributed by atoms with Crippen molar-refractivity contribution in [3.8, 4) is 0 Å². The van der Waals surface area contributed by atoms with Crippen LogP contribution in [0.5, 0.6) is 0 Å². The Morgan fingerprint density at radius 2 is 1.36 bits per heavy atom. The average molecular weight is 479 g/mol. The van der Waals surface area contributed by atoms with E-state index >= 15 is 0 Å². The quantitative estimate of drug-likeness (QED) is 0.176. The number of fused-ring (bicyclic) bond motifs is 1. The molecule has 2 amide bonds. The van der Waals surface area contributed by atoms with Crippen molar-refractivity contribution in [2.75, 3.05) is 13.3 Å². The molecule has 33 heavy (non-hydrogen) atoms. The third-order valence-electron chi connectivity index (χ3n) is 5.64. The van der Waals surface area contributed by atoms with Crippen LogP contribution in [-0.2, 0) is 14.2 Å². The first-order valence-corrected chi connectivity index (χ1v) is 13.7. The van der Waals surface area contributed by atoms with Gasteiger partial charge in [-0.25, -0.2) is 4.79 Å². The van der Waals surface area contributed by atoms with Gasteiger partial charge in [-0.15, -0.1) is 0 Å². The van der Waals surface area contributed by atoms with E-state index < -0.39 is 26.1 Å². The van der Waals surface area contributed by atoms with E-state index in [0.29, 0.717) is 23.6 Å². The molecule has 1 aromatic rings. The van der Waals surface area contributed by atoms with E-state index in [-0.39, 0.29) is 17.5 Å². The van der Waals surface area contributed by atoms with Crippen molar-refractivity contribution in [2.45, 2.75) is 91.1 Å². The van der Waals surface area contributed by atoms with E-state index in [1.54, 1.807) is 24.3 Å². The van der Waals surface area contributed by atoms with Crippen LogP contribution in [-0.4, -0.2) is 52.9 Å². The minimum atomic E-state index is -0.579. The molecule has 8 heteroatoms. The summed E-state index contributed by atoms with van der Waals surface area (Å²) in [4.78, 5) is 41.5. The standard InChI is InChI=1S/C25H39N2O5P/c1-19(2)27(20(3)4)33(5)31-18-14-10-8-6-7-9-11-17-23(28)32-26-24(29)21-15-12-13-16-22(21)25(26)30/h12-13,15-16,19-20H,6-11,14,17-18H2,1-5H3. The van der Waals surface area contributed by atoms with E-state index in [4.69, 9.17) is 9.36 Å². The van der Waals surface area contributed by atoms with Gasteiger partial charge in [0.2, 0.25) is 0 Å². The normalized spacial score (nSPS) is 14.5. The second-order valence-electron chi connectivity index (χ2n) is 9.00. The van der Waals surface area contributed by atoms with Gasteiger partial charge in [0.05, 0.1) is 17.7 Å². The molecule has 0 saturated heterocycles. The van der Waals surface area contributed by atoms with Crippen molar-refractivity contribution in [1.29, 1.82) is 0 Å². The number of amides is 2. The van der Waals surface area contributed by atoms with Gasteiger partial charge in [0.1, 0.15) is 8.30 Å². The van der Waals surface area contributed by atoms with Crippen molar-refractivity contribution >= 4 is 26.1 Å². The lowest BCUT2D eigenvalue weighted by Gasteiger charge is -2.35. The summed E-state index contributed by atoms with van der Waals surface area (Å²) in [6.07, 6.45) is 7.36. The van der Waals surface area contributed by atoms with E-state index in [1.165, 1.54) is 0 Å². The van der Waals surface area contributed by atoms with Crippen LogP contribution in [0.4, 0.5) is 0 Å². The zero-order chi connectivity index (χ0) is 24.4. The number of hydroxylamine groups is 2. The van der Waals surface area contributed by atoms with Crippen LogP contribution in [0.3, 0.4) is 0 Å². The number of rotatable bonds is 15. The molecule has 0 bridgehead atoms. The molecule has 0 N–H and O–H groups in total. The number of nitrogens with zero attached hydrogens (tertiary/aromatic N) is 2. The first kappa shape index (κ1) is 27.4.